The number of aryl methyl sites for hydroxylation is 1. The molecule has 0 saturated carbocycles. The Balaban J connectivity index is 1.82. The summed E-state index contributed by atoms with van der Waals surface area (Å²) >= 11 is 0. The van der Waals surface area contributed by atoms with E-state index in [2.05, 4.69) is 6.07 Å². The molecule has 0 saturated heterocycles. The van der Waals surface area contributed by atoms with Crippen molar-refractivity contribution in [1.29, 1.82) is 0 Å². The zero-order valence-electron chi connectivity index (χ0n) is 11.5. The Morgan fingerprint density at radius 3 is 2.95 bits per heavy atom. The van der Waals surface area contributed by atoms with Crippen molar-refractivity contribution < 1.29 is 9.13 Å². The van der Waals surface area contributed by atoms with Gasteiger partial charge in [-0.25, -0.2) is 4.39 Å². The van der Waals surface area contributed by atoms with Crippen LogP contribution >= 0.6 is 0 Å². The monoisotopic (exact) mass is 271 g/mol. The van der Waals surface area contributed by atoms with Crippen LogP contribution < -0.4 is 10.5 Å². The van der Waals surface area contributed by atoms with Crippen molar-refractivity contribution in [2.45, 2.75) is 25.8 Å². The van der Waals surface area contributed by atoms with E-state index in [0.717, 1.165) is 35.5 Å². The zero-order chi connectivity index (χ0) is 14.1. The van der Waals surface area contributed by atoms with Gasteiger partial charge in [0.25, 0.3) is 0 Å². The third-order valence-corrected chi connectivity index (χ3v) is 3.89. The van der Waals surface area contributed by atoms with E-state index in [0.29, 0.717) is 6.42 Å². The van der Waals surface area contributed by atoms with Crippen LogP contribution in [-0.2, 0) is 12.8 Å². The second-order valence-electron chi connectivity index (χ2n) is 5.35. The maximum Gasteiger partial charge on any atom is 0.123 e. The number of benzene rings is 2. The van der Waals surface area contributed by atoms with Crippen LogP contribution in [-0.4, -0.2) is 6.61 Å². The Labute approximate surface area is 118 Å². The lowest BCUT2D eigenvalue weighted by molar-refractivity contribution is 0.357. The number of rotatable bonds is 3. The molecule has 0 aliphatic carbocycles. The largest absolute Gasteiger partial charge is 0.493 e. The molecule has 1 aliphatic heterocycles. The molecule has 0 radical (unpaired) electrons. The Morgan fingerprint density at radius 1 is 1.25 bits per heavy atom. The van der Waals surface area contributed by atoms with Crippen LogP contribution in [0.4, 0.5) is 4.39 Å². The molecule has 1 aliphatic rings. The first-order valence-corrected chi connectivity index (χ1v) is 6.90. The molecule has 2 N–H and O–H groups in total. The molecule has 2 aromatic rings. The molecule has 0 spiro atoms. The van der Waals surface area contributed by atoms with E-state index in [9.17, 15) is 4.39 Å². The van der Waals surface area contributed by atoms with E-state index in [1.165, 1.54) is 11.6 Å². The topological polar surface area (TPSA) is 35.2 Å². The summed E-state index contributed by atoms with van der Waals surface area (Å²) in [5.74, 6) is 0.753. The molecule has 3 rings (SSSR count). The smallest absolute Gasteiger partial charge is 0.123 e. The molecular formula is C17H18FNO. The first kappa shape index (κ1) is 13.1. The molecule has 2 nitrogen and oxygen atoms in total. The van der Waals surface area contributed by atoms with Gasteiger partial charge >= 0.3 is 0 Å². The quantitative estimate of drug-likeness (QED) is 0.929. The van der Waals surface area contributed by atoms with Crippen molar-refractivity contribution in [3.05, 3.63) is 64.5 Å². The summed E-state index contributed by atoms with van der Waals surface area (Å²) in [7, 11) is 0. The average molecular weight is 271 g/mol. The molecule has 104 valence electrons. The predicted octanol–water partition coefficient (Wildman–Crippen LogP) is 3.31. The van der Waals surface area contributed by atoms with E-state index in [-0.39, 0.29) is 11.9 Å². The molecule has 0 aromatic heterocycles. The molecule has 3 heteroatoms. The minimum absolute atomic E-state index is 0.124. The first-order chi connectivity index (χ1) is 9.63. The fourth-order valence-electron chi connectivity index (χ4n) is 2.65. The van der Waals surface area contributed by atoms with Gasteiger partial charge in [0.2, 0.25) is 0 Å². The van der Waals surface area contributed by atoms with Crippen LogP contribution in [0.25, 0.3) is 0 Å². The number of halogens is 1. The first-order valence-electron chi connectivity index (χ1n) is 6.90. The van der Waals surface area contributed by atoms with Gasteiger partial charge in [0.05, 0.1) is 6.61 Å². The van der Waals surface area contributed by atoms with E-state index >= 15 is 0 Å². The molecule has 0 bridgehead atoms. The second-order valence-corrected chi connectivity index (χ2v) is 5.35. The Bertz CT molecular complexity index is 639. The number of ether oxygens (including phenoxy) is 1. The van der Waals surface area contributed by atoms with Gasteiger partial charge in [-0.15, -0.1) is 0 Å². The van der Waals surface area contributed by atoms with Crippen molar-refractivity contribution >= 4 is 0 Å². The molecule has 1 unspecified atom stereocenters. The van der Waals surface area contributed by atoms with Gasteiger partial charge in [-0.2, -0.15) is 0 Å². The zero-order valence-corrected chi connectivity index (χ0v) is 11.5. The maximum atomic E-state index is 13.3. The van der Waals surface area contributed by atoms with Crippen molar-refractivity contribution in [3.63, 3.8) is 0 Å². The predicted molar refractivity (Wildman–Crippen MR) is 77.4 cm³/mol. The standard InChI is InChI=1S/C17H18FNO/c1-11-2-4-15(18)9-14(11)10-16(19)12-3-5-17-13(8-12)6-7-20-17/h2-5,8-9,16H,6-7,10,19H2,1H3. The van der Waals surface area contributed by atoms with Crippen LogP contribution in [0.1, 0.15) is 28.3 Å². The van der Waals surface area contributed by atoms with E-state index < -0.39 is 0 Å². The van der Waals surface area contributed by atoms with Gasteiger partial charge < -0.3 is 10.5 Å². The highest BCUT2D eigenvalue weighted by atomic mass is 19.1. The SMILES string of the molecule is Cc1ccc(F)cc1CC(N)c1ccc2c(c1)CCO2. The van der Waals surface area contributed by atoms with Gasteiger partial charge in [-0.1, -0.05) is 18.2 Å². The molecule has 20 heavy (non-hydrogen) atoms. The third kappa shape index (κ3) is 2.54. The van der Waals surface area contributed by atoms with Crippen LogP contribution in [0.15, 0.2) is 36.4 Å². The molecule has 0 amide bonds. The fourth-order valence-corrected chi connectivity index (χ4v) is 2.65. The van der Waals surface area contributed by atoms with Gasteiger partial charge in [0, 0.05) is 12.5 Å². The highest BCUT2D eigenvalue weighted by molar-refractivity contribution is 5.41. The van der Waals surface area contributed by atoms with Crippen molar-refractivity contribution in [3.8, 4) is 5.75 Å². The van der Waals surface area contributed by atoms with Gasteiger partial charge in [-0.3, -0.25) is 0 Å². The van der Waals surface area contributed by atoms with Crippen LogP contribution in [0.3, 0.4) is 0 Å². The Hall–Kier alpha value is -1.87. The summed E-state index contributed by atoms with van der Waals surface area (Å²) in [5, 5.41) is 0. The summed E-state index contributed by atoms with van der Waals surface area (Å²) < 4.78 is 18.8. The molecule has 1 heterocycles. The molecule has 1 atom stereocenters. The average Bonchev–Trinajstić information content (AvgIpc) is 2.90. The summed E-state index contributed by atoms with van der Waals surface area (Å²) in [4.78, 5) is 0. The third-order valence-electron chi connectivity index (χ3n) is 3.89. The summed E-state index contributed by atoms with van der Waals surface area (Å²) in [6, 6.07) is 10.8. The lowest BCUT2D eigenvalue weighted by atomic mass is 9.95. The minimum atomic E-state index is -0.208. The van der Waals surface area contributed by atoms with Crippen molar-refractivity contribution in [1.82, 2.24) is 0 Å². The van der Waals surface area contributed by atoms with Crippen LogP contribution in [0, 0.1) is 12.7 Å². The highest BCUT2D eigenvalue weighted by Gasteiger charge is 2.15. The van der Waals surface area contributed by atoms with Crippen molar-refractivity contribution in [2.24, 2.45) is 5.73 Å². The van der Waals surface area contributed by atoms with Crippen LogP contribution in [0.2, 0.25) is 0 Å². The van der Waals surface area contributed by atoms with E-state index in [1.54, 1.807) is 12.1 Å². The molecular weight excluding hydrogens is 253 g/mol. The minimum Gasteiger partial charge on any atom is -0.493 e. The number of hydrogen-bond acceptors (Lipinski definition) is 2. The Morgan fingerprint density at radius 2 is 2.10 bits per heavy atom. The number of nitrogens with two attached hydrogens (primary N) is 1. The Kier molecular flexibility index (Phi) is 3.45. The van der Waals surface area contributed by atoms with Crippen molar-refractivity contribution in [2.75, 3.05) is 6.61 Å². The summed E-state index contributed by atoms with van der Waals surface area (Å²) in [6.07, 6.45) is 1.58. The fraction of sp³-hybridized carbons (Fsp3) is 0.294. The molecule has 0 fully saturated rings. The highest BCUT2D eigenvalue weighted by Crippen LogP contribution is 2.29. The van der Waals surface area contributed by atoms with Gasteiger partial charge in [0.15, 0.2) is 0 Å². The van der Waals surface area contributed by atoms with Crippen LogP contribution in [0.5, 0.6) is 5.75 Å². The van der Waals surface area contributed by atoms with E-state index in [1.807, 2.05) is 19.1 Å². The van der Waals surface area contributed by atoms with Gasteiger partial charge in [-0.05, 0) is 53.8 Å². The second kappa shape index (κ2) is 5.25. The summed E-state index contributed by atoms with van der Waals surface area (Å²) in [6.45, 7) is 2.73. The van der Waals surface area contributed by atoms with E-state index in [4.69, 9.17) is 10.5 Å². The molecule has 2 aromatic carbocycles. The summed E-state index contributed by atoms with van der Waals surface area (Å²) in [5.41, 5.74) is 10.6. The number of fused-ring (bicyclic) bond motifs is 1. The lowest BCUT2D eigenvalue weighted by Gasteiger charge is -2.15. The number of hydrogen-bond donors (Lipinski definition) is 1. The maximum absolute atomic E-state index is 13.3. The lowest BCUT2D eigenvalue weighted by Crippen LogP contribution is -2.14. The normalized spacial score (nSPS) is 14.8. The van der Waals surface area contributed by atoms with Gasteiger partial charge in [0.1, 0.15) is 11.6 Å².